The maximum absolute atomic E-state index is 13.4. The minimum absolute atomic E-state index is 0.175. The second-order valence-corrected chi connectivity index (χ2v) is 3.89. The highest BCUT2D eigenvalue weighted by Crippen LogP contribution is 2.17. The van der Waals surface area contributed by atoms with Gasteiger partial charge in [-0.25, -0.2) is 4.39 Å². The number of benzene rings is 1. The van der Waals surface area contributed by atoms with E-state index in [9.17, 15) is 4.39 Å². The summed E-state index contributed by atoms with van der Waals surface area (Å²) in [7, 11) is 0. The maximum Gasteiger partial charge on any atom is 0.146 e. The smallest absolute Gasteiger partial charge is 0.146 e. The summed E-state index contributed by atoms with van der Waals surface area (Å²) in [6.07, 6.45) is 1.57. The van der Waals surface area contributed by atoms with Gasteiger partial charge in [-0.1, -0.05) is 6.07 Å². The van der Waals surface area contributed by atoms with Gasteiger partial charge in [0.1, 0.15) is 5.82 Å². The standard InChI is InChI=1S/C12H18FNO/c1-9-5-6-12(11(13)8-9)14-10(2)4-3-7-15/h5-6,8,10,14-15H,3-4,7H2,1-2H3. The van der Waals surface area contributed by atoms with Crippen molar-refractivity contribution >= 4 is 5.69 Å². The van der Waals surface area contributed by atoms with E-state index in [1.54, 1.807) is 6.07 Å². The zero-order valence-corrected chi connectivity index (χ0v) is 9.26. The Bertz CT molecular complexity index is 314. The van der Waals surface area contributed by atoms with Gasteiger partial charge in [-0.3, -0.25) is 0 Å². The van der Waals surface area contributed by atoms with Crippen LogP contribution in [0.2, 0.25) is 0 Å². The number of anilines is 1. The van der Waals surface area contributed by atoms with Crippen LogP contribution in [0.4, 0.5) is 10.1 Å². The fourth-order valence-corrected chi connectivity index (χ4v) is 1.47. The van der Waals surface area contributed by atoms with Crippen LogP contribution >= 0.6 is 0 Å². The van der Waals surface area contributed by atoms with Gasteiger partial charge in [-0.2, -0.15) is 0 Å². The fraction of sp³-hybridized carbons (Fsp3) is 0.500. The summed E-state index contributed by atoms with van der Waals surface area (Å²) >= 11 is 0. The predicted octanol–water partition coefficient (Wildman–Crippen LogP) is 2.71. The Kier molecular flexibility index (Phi) is 4.56. The molecule has 0 aliphatic heterocycles. The lowest BCUT2D eigenvalue weighted by Crippen LogP contribution is -2.16. The topological polar surface area (TPSA) is 32.3 Å². The molecule has 0 spiro atoms. The first kappa shape index (κ1) is 12.0. The Morgan fingerprint density at radius 1 is 1.47 bits per heavy atom. The first-order chi connectivity index (χ1) is 7.13. The number of rotatable bonds is 5. The highest BCUT2D eigenvalue weighted by atomic mass is 19.1. The summed E-state index contributed by atoms with van der Waals surface area (Å²) in [5, 5.41) is 11.8. The molecule has 0 aliphatic rings. The number of halogens is 1. The Balaban J connectivity index is 2.56. The molecule has 2 nitrogen and oxygen atoms in total. The molecule has 1 aromatic rings. The minimum atomic E-state index is -0.217. The van der Waals surface area contributed by atoms with E-state index in [-0.39, 0.29) is 18.5 Å². The molecule has 0 aromatic heterocycles. The lowest BCUT2D eigenvalue weighted by Gasteiger charge is -2.15. The average Bonchev–Trinajstić information content (AvgIpc) is 2.19. The van der Waals surface area contributed by atoms with Gasteiger partial charge in [-0.15, -0.1) is 0 Å². The van der Waals surface area contributed by atoms with E-state index in [0.717, 1.165) is 18.4 Å². The van der Waals surface area contributed by atoms with E-state index in [1.807, 2.05) is 19.9 Å². The van der Waals surface area contributed by atoms with E-state index < -0.39 is 0 Å². The molecular formula is C12H18FNO. The largest absolute Gasteiger partial charge is 0.396 e. The number of aryl methyl sites for hydroxylation is 1. The van der Waals surface area contributed by atoms with Crippen molar-refractivity contribution in [1.82, 2.24) is 0 Å². The highest BCUT2D eigenvalue weighted by molar-refractivity contribution is 5.46. The van der Waals surface area contributed by atoms with Crippen LogP contribution in [0.25, 0.3) is 0 Å². The number of aliphatic hydroxyl groups excluding tert-OH is 1. The van der Waals surface area contributed by atoms with E-state index >= 15 is 0 Å². The Morgan fingerprint density at radius 2 is 2.20 bits per heavy atom. The monoisotopic (exact) mass is 211 g/mol. The second kappa shape index (κ2) is 5.71. The van der Waals surface area contributed by atoms with Crippen molar-refractivity contribution in [2.24, 2.45) is 0 Å². The van der Waals surface area contributed by atoms with Crippen molar-refractivity contribution in [3.8, 4) is 0 Å². The first-order valence-electron chi connectivity index (χ1n) is 5.27. The molecule has 1 unspecified atom stereocenters. The Hall–Kier alpha value is -1.09. The number of aliphatic hydroxyl groups is 1. The van der Waals surface area contributed by atoms with Crippen LogP contribution in [0.5, 0.6) is 0 Å². The molecule has 0 bridgehead atoms. The summed E-state index contributed by atoms with van der Waals surface area (Å²) in [5.74, 6) is -0.217. The van der Waals surface area contributed by atoms with E-state index in [1.165, 1.54) is 6.07 Å². The molecule has 0 amide bonds. The van der Waals surface area contributed by atoms with Crippen molar-refractivity contribution in [2.75, 3.05) is 11.9 Å². The van der Waals surface area contributed by atoms with Crippen molar-refractivity contribution in [3.63, 3.8) is 0 Å². The van der Waals surface area contributed by atoms with Crippen LogP contribution in [0, 0.1) is 12.7 Å². The first-order valence-corrected chi connectivity index (χ1v) is 5.27. The minimum Gasteiger partial charge on any atom is -0.396 e. The summed E-state index contributed by atoms with van der Waals surface area (Å²) in [6.45, 7) is 4.03. The molecule has 3 heteroatoms. The van der Waals surface area contributed by atoms with Crippen molar-refractivity contribution < 1.29 is 9.50 Å². The van der Waals surface area contributed by atoms with Crippen LogP contribution in [0.1, 0.15) is 25.3 Å². The van der Waals surface area contributed by atoms with Gasteiger partial charge >= 0.3 is 0 Å². The van der Waals surface area contributed by atoms with Crippen LogP contribution in [-0.2, 0) is 0 Å². The van der Waals surface area contributed by atoms with Gasteiger partial charge in [-0.05, 0) is 44.4 Å². The zero-order valence-electron chi connectivity index (χ0n) is 9.26. The highest BCUT2D eigenvalue weighted by Gasteiger charge is 2.05. The molecule has 0 saturated heterocycles. The summed E-state index contributed by atoms with van der Waals surface area (Å²) in [6, 6.07) is 5.32. The van der Waals surface area contributed by atoms with Crippen molar-refractivity contribution in [3.05, 3.63) is 29.6 Å². The third-order valence-electron chi connectivity index (χ3n) is 2.32. The average molecular weight is 211 g/mol. The number of hydrogen-bond donors (Lipinski definition) is 2. The molecule has 0 fully saturated rings. The van der Waals surface area contributed by atoms with Gasteiger partial charge in [0.05, 0.1) is 5.69 Å². The molecule has 1 atom stereocenters. The van der Waals surface area contributed by atoms with Gasteiger partial charge < -0.3 is 10.4 Å². The van der Waals surface area contributed by atoms with Crippen LogP contribution in [0.15, 0.2) is 18.2 Å². The SMILES string of the molecule is Cc1ccc(NC(C)CCCO)c(F)c1. The van der Waals surface area contributed by atoms with Crippen LogP contribution in [-0.4, -0.2) is 17.8 Å². The predicted molar refractivity (Wildman–Crippen MR) is 60.5 cm³/mol. The molecule has 84 valence electrons. The molecule has 15 heavy (non-hydrogen) atoms. The molecule has 1 rings (SSSR count). The lowest BCUT2D eigenvalue weighted by molar-refractivity contribution is 0.282. The van der Waals surface area contributed by atoms with Crippen molar-refractivity contribution in [1.29, 1.82) is 0 Å². The Labute approximate surface area is 90.1 Å². The molecule has 0 saturated carbocycles. The normalized spacial score (nSPS) is 12.5. The lowest BCUT2D eigenvalue weighted by atomic mass is 10.1. The van der Waals surface area contributed by atoms with Gasteiger partial charge in [0.2, 0.25) is 0 Å². The quantitative estimate of drug-likeness (QED) is 0.784. The third kappa shape index (κ3) is 3.88. The van der Waals surface area contributed by atoms with Crippen LogP contribution in [0.3, 0.4) is 0 Å². The van der Waals surface area contributed by atoms with Gasteiger partial charge in [0.15, 0.2) is 0 Å². The van der Waals surface area contributed by atoms with Gasteiger partial charge in [0.25, 0.3) is 0 Å². The van der Waals surface area contributed by atoms with E-state index in [2.05, 4.69) is 5.32 Å². The maximum atomic E-state index is 13.4. The molecule has 0 heterocycles. The van der Waals surface area contributed by atoms with Gasteiger partial charge in [0, 0.05) is 12.6 Å². The fourth-order valence-electron chi connectivity index (χ4n) is 1.47. The summed E-state index contributed by atoms with van der Waals surface area (Å²) in [4.78, 5) is 0. The molecule has 0 radical (unpaired) electrons. The molecule has 0 aliphatic carbocycles. The summed E-state index contributed by atoms with van der Waals surface area (Å²) in [5.41, 5.74) is 1.45. The molecule has 1 aromatic carbocycles. The van der Waals surface area contributed by atoms with Crippen molar-refractivity contribution in [2.45, 2.75) is 32.7 Å². The van der Waals surface area contributed by atoms with Crippen LogP contribution < -0.4 is 5.32 Å². The van der Waals surface area contributed by atoms with E-state index in [4.69, 9.17) is 5.11 Å². The Morgan fingerprint density at radius 3 is 2.80 bits per heavy atom. The zero-order chi connectivity index (χ0) is 11.3. The third-order valence-corrected chi connectivity index (χ3v) is 2.32. The molecule has 2 N–H and O–H groups in total. The second-order valence-electron chi connectivity index (χ2n) is 3.89. The number of nitrogens with one attached hydrogen (secondary N) is 1. The van der Waals surface area contributed by atoms with E-state index in [0.29, 0.717) is 5.69 Å². The summed E-state index contributed by atoms with van der Waals surface area (Å²) < 4.78 is 13.4. The molecular weight excluding hydrogens is 193 g/mol. The number of hydrogen-bond acceptors (Lipinski definition) is 2.